The second-order valence-corrected chi connectivity index (χ2v) is 5.10. The van der Waals surface area contributed by atoms with E-state index < -0.39 is 0 Å². The number of hydrogen-bond donors (Lipinski definition) is 0. The first kappa shape index (κ1) is 14.6. The van der Waals surface area contributed by atoms with Gasteiger partial charge in [0.25, 0.3) is 0 Å². The van der Waals surface area contributed by atoms with E-state index >= 15 is 0 Å². The molecule has 1 aromatic heterocycles. The summed E-state index contributed by atoms with van der Waals surface area (Å²) in [4.78, 5) is 15.7. The van der Waals surface area contributed by atoms with E-state index in [0.29, 0.717) is 10.7 Å². The molecule has 1 heterocycles. The van der Waals surface area contributed by atoms with Gasteiger partial charge in [0.05, 0.1) is 35.9 Å². The Bertz CT molecular complexity index is 640. The number of aromatic nitrogens is 1. The number of rotatable bonds is 4. The number of fused-ring (bicyclic) bond motifs is 1. The van der Waals surface area contributed by atoms with Crippen molar-refractivity contribution in [3.8, 4) is 5.75 Å². The minimum Gasteiger partial charge on any atom is -0.491 e. The zero-order valence-corrected chi connectivity index (χ0v) is 12.4. The normalized spacial score (nSPS) is 10.8. The van der Waals surface area contributed by atoms with Gasteiger partial charge < -0.3 is 9.47 Å². The van der Waals surface area contributed by atoms with Crippen LogP contribution in [0, 0.1) is 0 Å². The fourth-order valence-electron chi connectivity index (χ4n) is 1.87. The highest BCUT2D eigenvalue weighted by Crippen LogP contribution is 2.27. The maximum Gasteiger partial charge on any atom is 0.311 e. The van der Waals surface area contributed by atoms with Crippen LogP contribution in [-0.4, -0.2) is 24.2 Å². The lowest BCUT2D eigenvalue weighted by Gasteiger charge is -2.11. The molecule has 0 aliphatic carbocycles. The monoisotopic (exact) mass is 293 g/mol. The summed E-state index contributed by atoms with van der Waals surface area (Å²) in [6, 6.07) is 7.21. The number of ether oxygens (including phenoxy) is 2. The molecule has 0 aliphatic heterocycles. The molecule has 4 nitrogen and oxygen atoms in total. The Morgan fingerprint density at radius 2 is 2.10 bits per heavy atom. The van der Waals surface area contributed by atoms with Crippen molar-refractivity contribution >= 4 is 28.5 Å². The van der Waals surface area contributed by atoms with Crippen molar-refractivity contribution in [2.24, 2.45) is 0 Å². The van der Waals surface area contributed by atoms with Crippen molar-refractivity contribution < 1.29 is 14.3 Å². The fraction of sp³-hybridized carbons (Fsp3) is 0.333. The second kappa shape index (κ2) is 6.09. The summed E-state index contributed by atoms with van der Waals surface area (Å²) < 4.78 is 10.3. The van der Waals surface area contributed by atoms with Crippen LogP contribution in [-0.2, 0) is 16.0 Å². The van der Waals surface area contributed by atoms with Gasteiger partial charge in [-0.1, -0.05) is 11.6 Å². The van der Waals surface area contributed by atoms with Gasteiger partial charge in [-0.25, -0.2) is 0 Å². The Kier molecular flexibility index (Phi) is 4.45. The molecule has 0 aliphatic rings. The van der Waals surface area contributed by atoms with E-state index in [0.717, 1.165) is 16.7 Å². The Morgan fingerprint density at radius 1 is 1.35 bits per heavy atom. The Balaban J connectivity index is 2.38. The van der Waals surface area contributed by atoms with Gasteiger partial charge in [0, 0.05) is 5.39 Å². The standard InChI is InChI=1S/C15H16ClNO3/c1-9(2)20-11-4-5-14-12(8-11)13(16)6-10(17-14)7-15(18)19-3/h4-6,8-9H,7H2,1-3H3. The van der Waals surface area contributed by atoms with Crippen molar-refractivity contribution in [3.05, 3.63) is 35.0 Å². The van der Waals surface area contributed by atoms with Crippen molar-refractivity contribution in [1.29, 1.82) is 0 Å². The van der Waals surface area contributed by atoms with Gasteiger partial charge in [-0.15, -0.1) is 0 Å². The lowest BCUT2D eigenvalue weighted by Crippen LogP contribution is -2.07. The van der Waals surface area contributed by atoms with Crippen LogP contribution in [0.5, 0.6) is 5.75 Å². The van der Waals surface area contributed by atoms with E-state index in [4.69, 9.17) is 16.3 Å². The molecule has 0 atom stereocenters. The molecule has 0 bridgehead atoms. The summed E-state index contributed by atoms with van der Waals surface area (Å²) in [6.07, 6.45) is 0.203. The number of benzene rings is 1. The van der Waals surface area contributed by atoms with Gasteiger partial charge in [0.1, 0.15) is 5.75 Å². The smallest absolute Gasteiger partial charge is 0.311 e. The molecule has 0 amide bonds. The predicted molar refractivity (Wildman–Crippen MR) is 78.2 cm³/mol. The maximum absolute atomic E-state index is 11.3. The SMILES string of the molecule is COC(=O)Cc1cc(Cl)c2cc(OC(C)C)ccc2n1. The predicted octanol–water partition coefficient (Wildman–Crippen LogP) is 3.39. The highest BCUT2D eigenvalue weighted by Gasteiger charge is 2.10. The summed E-state index contributed by atoms with van der Waals surface area (Å²) in [7, 11) is 1.35. The van der Waals surface area contributed by atoms with Gasteiger partial charge >= 0.3 is 5.97 Å². The summed E-state index contributed by atoms with van der Waals surface area (Å²) in [6.45, 7) is 3.92. The van der Waals surface area contributed by atoms with Crippen molar-refractivity contribution in [1.82, 2.24) is 4.98 Å². The molecule has 0 unspecified atom stereocenters. The van der Waals surface area contributed by atoms with Crippen LogP contribution >= 0.6 is 11.6 Å². The molecule has 0 N–H and O–H groups in total. The van der Waals surface area contributed by atoms with Gasteiger partial charge in [-0.05, 0) is 38.1 Å². The number of carbonyl (C=O) groups is 1. The van der Waals surface area contributed by atoms with Gasteiger partial charge in [0.2, 0.25) is 0 Å². The molecule has 5 heteroatoms. The largest absolute Gasteiger partial charge is 0.491 e. The van der Waals surface area contributed by atoms with Gasteiger partial charge in [-0.3, -0.25) is 9.78 Å². The number of carbonyl (C=O) groups excluding carboxylic acids is 1. The van der Waals surface area contributed by atoms with Crippen LogP contribution in [0.15, 0.2) is 24.3 Å². The van der Waals surface area contributed by atoms with Crippen LogP contribution < -0.4 is 4.74 Å². The third-order valence-corrected chi connectivity index (χ3v) is 3.02. The average molecular weight is 294 g/mol. The third kappa shape index (κ3) is 3.39. The molecule has 0 saturated heterocycles. The third-order valence-electron chi connectivity index (χ3n) is 2.71. The summed E-state index contributed by atoms with van der Waals surface area (Å²) >= 11 is 6.25. The molecular formula is C15H16ClNO3. The summed E-state index contributed by atoms with van der Waals surface area (Å²) in [5.74, 6) is 0.407. The van der Waals surface area contributed by atoms with E-state index in [1.807, 2.05) is 32.0 Å². The molecule has 20 heavy (non-hydrogen) atoms. The van der Waals surface area contributed by atoms with Crippen LogP contribution in [0.3, 0.4) is 0 Å². The summed E-state index contributed by atoms with van der Waals surface area (Å²) in [5.41, 5.74) is 1.32. The highest BCUT2D eigenvalue weighted by molar-refractivity contribution is 6.35. The van der Waals surface area contributed by atoms with Crippen molar-refractivity contribution in [2.45, 2.75) is 26.4 Å². The quantitative estimate of drug-likeness (QED) is 0.811. The minimum atomic E-state index is -0.340. The number of nitrogens with zero attached hydrogens (tertiary/aromatic N) is 1. The molecular weight excluding hydrogens is 278 g/mol. The Morgan fingerprint density at radius 3 is 2.75 bits per heavy atom. The highest BCUT2D eigenvalue weighted by atomic mass is 35.5. The fourth-order valence-corrected chi connectivity index (χ4v) is 2.15. The number of methoxy groups -OCH3 is 1. The summed E-state index contributed by atoms with van der Waals surface area (Å²) in [5, 5.41) is 1.35. The van der Waals surface area contributed by atoms with Crippen LogP contribution in [0.25, 0.3) is 10.9 Å². The molecule has 1 aromatic carbocycles. The van der Waals surface area contributed by atoms with Gasteiger partial charge in [0.15, 0.2) is 0 Å². The molecule has 2 aromatic rings. The van der Waals surface area contributed by atoms with Crippen molar-refractivity contribution in [2.75, 3.05) is 7.11 Å². The lowest BCUT2D eigenvalue weighted by molar-refractivity contribution is -0.139. The van der Waals surface area contributed by atoms with Gasteiger partial charge in [-0.2, -0.15) is 0 Å². The molecule has 0 radical (unpaired) electrons. The number of hydrogen-bond acceptors (Lipinski definition) is 4. The molecule has 0 saturated carbocycles. The van der Waals surface area contributed by atoms with E-state index in [2.05, 4.69) is 9.72 Å². The molecule has 106 valence electrons. The lowest BCUT2D eigenvalue weighted by atomic mass is 10.1. The maximum atomic E-state index is 11.3. The zero-order chi connectivity index (χ0) is 14.7. The van der Waals surface area contributed by atoms with E-state index in [1.165, 1.54) is 7.11 Å². The number of halogens is 1. The first-order valence-electron chi connectivity index (χ1n) is 6.32. The van der Waals surface area contributed by atoms with Crippen LogP contribution in [0.1, 0.15) is 19.5 Å². The van der Waals surface area contributed by atoms with E-state index in [9.17, 15) is 4.79 Å². The Hall–Kier alpha value is -1.81. The number of esters is 1. The Labute approximate surface area is 122 Å². The minimum absolute atomic E-state index is 0.0952. The van der Waals surface area contributed by atoms with E-state index in [-0.39, 0.29) is 18.5 Å². The number of pyridine rings is 1. The van der Waals surface area contributed by atoms with E-state index in [1.54, 1.807) is 6.07 Å². The zero-order valence-electron chi connectivity index (χ0n) is 11.6. The first-order valence-corrected chi connectivity index (χ1v) is 6.70. The topological polar surface area (TPSA) is 48.4 Å². The average Bonchev–Trinajstić information content (AvgIpc) is 2.38. The second-order valence-electron chi connectivity index (χ2n) is 4.69. The molecule has 2 rings (SSSR count). The molecule has 0 spiro atoms. The van der Waals surface area contributed by atoms with Crippen molar-refractivity contribution in [3.63, 3.8) is 0 Å². The van der Waals surface area contributed by atoms with Crippen LogP contribution in [0.4, 0.5) is 0 Å². The van der Waals surface area contributed by atoms with Crippen LogP contribution in [0.2, 0.25) is 5.02 Å². The molecule has 0 fully saturated rings. The first-order chi connectivity index (χ1) is 9.49.